The molecule has 0 bridgehead atoms. The van der Waals surface area contributed by atoms with Crippen molar-refractivity contribution in [2.45, 2.75) is 52.4 Å². The maximum atomic E-state index is 9.05. The number of unbranched alkanes of at least 4 members (excludes halogenated alkanes) is 2. The van der Waals surface area contributed by atoms with E-state index in [9.17, 15) is 0 Å². The average molecular weight is 233 g/mol. The fraction of sp³-hybridized carbons (Fsp3) is 0.533. The molecule has 0 aliphatic heterocycles. The van der Waals surface area contributed by atoms with Crippen LogP contribution >= 0.6 is 0 Å². The van der Waals surface area contributed by atoms with Crippen LogP contribution in [0.25, 0.3) is 0 Å². The van der Waals surface area contributed by atoms with Crippen molar-refractivity contribution in [2.24, 2.45) is 5.16 Å². The van der Waals surface area contributed by atoms with E-state index < -0.39 is 0 Å². The Hall–Kier alpha value is -1.31. The van der Waals surface area contributed by atoms with Crippen molar-refractivity contribution in [1.82, 2.24) is 0 Å². The Morgan fingerprint density at radius 3 is 2.29 bits per heavy atom. The number of oxime groups is 1. The number of benzene rings is 1. The molecule has 1 N–H and O–H groups in total. The maximum Gasteiger partial charge on any atom is 0.0867 e. The summed E-state index contributed by atoms with van der Waals surface area (Å²) in [6, 6.07) is 8.34. The highest BCUT2D eigenvalue weighted by atomic mass is 16.4. The number of rotatable bonds is 6. The summed E-state index contributed by atoms with van der Waals surface area (Å²) < 4.78 is 0. The normalized spacial score (nSPS) is 12.1. The van der Waals surface area contributed by atoms with Gasteiger partial charge >= 0.3 is 0 Å². The van der Waals surface area contributed by atoms with Crippen molar-refractivity contribution >= 4 is 5.71 Å². The Balaban J connectivity index is 2.69. The Labute approximate surface area is 104 Å². The van der Waals surface area contributed by atoms with Gasteiger partial charge in [-0.25, -0.2) is 0 Å². The van der Waals surface area contributed by atoms with Gasteiger partial charge < -0.3 is 5.21 Å². The lowest BCUT2D eigenvalue weighted by atomic mass is 9.98. The Bertz CT molecular complexity index is 352. The molecule has 0 heterocycles. The fourth-order valence-corrected chi connectivity index (χ4v) is 1.85. The third-order valence-electron chi connectivity index (χ3n) is 3.05. The summed E-state index contributed by atoms with van der Waals surface area (Å²) in [7, 11) is 0. The number of nitrogens with zero attached hydrogens (tertiary/aromatic N) is 1. The topological polar surface area (TPSA) is 32.6 Å². The zero-order valence-corrected chi connectivity index (χ0v) is 11.1. The van der Waals surface area contributed by atoms with Crippen LogP contribution in [0.2, 0.25) is 0 Å². The predicted molar refractivity (Wildman–Crippen MR) is 73.0 cm³/mol. The quantitative estimate of drug-likeness (QED) is 0.332. The monoisotopic (exact) mass is 233 g/mol. The highest BCUT2D eigenvalue weighted by Gasteiger charge is 2.05. The second-order valence-corrected chi connectivity index (χ2v) is 4.78. The van der Waals surface area contributed by atoms with E-state index in [0.29, 0.717) is 5.92 Å². The molecule has 0 amide bonds. The first-order chi connectivity index (χ1) is 8.19. The van der Waals surface area contributed by atoms with E-state index in [4.69, 9.17) is 5.21 Å². The first-order valence-electron chi connectivity index (χ1n) is 6.50. The molecular weight excluding hydrogens is 210 g/mol. The Morgan fingerprint density at radius 1 is 1.18 bits per heavy atom. The smallest absolute Gasteiger partial charge is 0.0867 e. The van der Waals surface area contributed by atoms with Gasteiger partial charge in [0, 0.05) is 0 Å². The van der Waals surface area contributed by atoms with Crippen LogP contribution in [0.5, 0.6) is 0 Å². The van der Waals surface area contributed by atoms with Gasteiger partial charge in [-0.3, -0.25) is 0 Å². The van der Waals surface area contributed by atoms with E-state index >= 15 is 0 Å². The van der Waals surface area contributed by atoms with Crippen LogP contribution in [0.3, 0.4) is 0 Å². The standard InChI is InChI=1S/C15H23NO/c1-4-5-6-7-15(16-17)14-10-8-13(9-11-14)12(2)3/h8-12,17H,4-7H2,1-3H3/b16-15-. The van der Waals surface area contributed by atoms with Gasteiger partial charge in [-0.1, -0.05) is 63.0 Å². The molecule has 0 saturated heterocycles. The molecule has 1 rings (SSSR count). The van der Waals surface area contributed by atoms with Crippen molar-refractivity contribution in [1.29, 1.82) is 0 Å². The van der Waals surface area contributed by atoms with Crippen LogP contribution in [0.1, 0.15) is 63.5 Å². The van der Waals surface area contributed by atoms with Gasteiger partial charge in [0.2, 0.25) is 0 Å². The van der Waals surface area contributed by atoms with Crippen LogP contribution in [-0.2, 0) is 0 Å². The highest BCUT2D eigenvalue weighted by Crippen LogP contribution is 2.16. The van der Waals surface area contributed by atoms with E-state index in [-0.39, 0.29) is 0 Å². The molecule has 1 aromatic rings. The molecule has 94 valence electrons. The lowest BCUT2D eigenvalue weighted by Gasteiger charge is -2.08. The van der Waals surface area contributed by atoms with Crippen LogP contribution in [0, 0.1) is 0 Å². The largest absolute Gasteiger partial charge is 0.411 e. The number of hydrogen-bond donors (Lipinski definition) is 1. The summed E-state index contributed by atoms with van der Waals surface area (Å²) in [5, 5.41) is 12.5. The van der Waals surface area contributed by atoms with Crippen LogP contribution in [-0.4, -0.2) is 10.9 Å². The summed E-state index contributed by atoms with van der Waals surface area (Å²) in [5.74, 6) is 0.540. The van der Waals surface area contributed by atoms with Gasteiger partial charge in [-0.15, -0.1) is 0 Å². The van der Waals surface area contributed by atoms with Crippen LogP contribution in [0.4, 0.5) is 0 Å². The fourth-order valence-electron chi connectivity index (χ4n) is 1.85. The van der Waals surface area contributed by atoms with E-state index in [1.807, 2.05) is 0 Å². The molecule has 0 radical (unpaired) electrons. The Kier molecular flexibility index (Phi) is 5.75. The predicted octanol–water partition coefficient (Wildman–Crippen LogP) is 4.57. The average Bonchev–Trinajstić information content (AvgIpc) is 2.35. The first-order valence-corrected chi connectivity index (χ1v) is 6.50. The summed E-state index contributed by atoms with van der Waals surface area (Å²) in [4.78, 5) is 0. The molecule has 0 saturated carbocycles. The van der Waals surface area contributed by atoms with Crippen molar-refractivity contribution in [2.75, 3.05) is 0 Å². The van der Waals surface area contributed by atoms with E-state index in [0.717, 1.165) is 24.1 Å². The van der Waals surface area contributed by atoms with Gasteiger partial charge in [0.15, 0.2) is 0 Å². The maximum absolute atomic E-state index is 9.05. The molecule has 2 heteroatoms. The molecule has 0 aliphatic rings. The molecule has 1 aromatic carbocycles. The zero-order chi connectivity index (χ0) is 12.7. The molecule has 0 aromatic heterocycles. The van der Waals surface area contributed by atoms with Crippen molar-refractivity contribution in [3.8, 4) is 0 Å². The highest BCUT2D eigenvalue weighted by molar-refractivity contribution is 6.00. The molecule has 0 unspecified atom stereocenters. The van der Waals surface area contributed by atoms with Crippen LogP contribution in [0.15, 0.2) is 29.4 Å². The second-order valence-electron chi connectivity index (χ2n) is 4.78. The minimum atomic E-state index is 0.540. The van der Waals surface area contributed by atoms with Crippen molar-refractivity contribution < 1.29 is 5.21 Å². The van der Waals surface area contributed by atoms with E-state index in [2.05, 4.69) is 50.2 Å². The van der Waals surface area contributed by atoms with Crippen molar-refractivity contribution in [3.05, 3.63) is 35.4 Å². The molecule has 2 nitrogen and oxygen atoms in total. The molecular formula is C15H23NO. The van der Waals surface area contributed by atoms with Crippen molar-refractivity contribution in [3.63, 3.8) is 0 Å². The minimum Gasteiger partial charge on any atom is -0.411 e. The SMILES string of the molecule is CCCCC/C(=N/O)c1ccc(C(C)C)cc1. The molecule has 0 atom stereocenters. The zero-order valence-electron chi connectivity index (χ0n) is 11.1. The summed E-state index contributed by atoms with van der Waals surface area (Å²) in [5.41, 5.74) is 3.15. The van der Waals surface area contributed by atoms with Gasteiger partial charge in [0.1, 0.15) is 0 Å². The van der Waals surface area contributed by atoms with Crippen LogP contribution < -0.4 is 0 Å². The molecule has 0 spiro atoms. The number of hydrogen-bond acceptors (Lipinski definition) is 2. The summed E-state index contributed by atoms with van der Waals surface area (Å²) >= 11 is 0. The molecule has 17 heavy (non-hydrogen) atoms. The Morgan fingerprint density at radius 2 is 1.82 bits per heavy atom. The third kappa shape index (κ3) is 4.22. The molecule has 0 fully saturated rings. The minimum absolute atomic E-state index is 0.540. The summed E-state index contributed by atoms with van der Waals surface area (Å²) in [6.07, 6.45) is 4.31. The van der Waals surface area contributed by atoms with Gasteiger partial charge in [0.25, 0.3) is 0 Å². The summed E-state index contributed by atoms with van der Waals surface area (Å²) in [6.45, 7) is 6.53. The third-order valence-corrected chi connectivity index (χ3v) is 3.05. The lowest BCUT2D eigenvalue weighted by molar-refractivity contribution is 0.317. The first kappa shape index (κ1) is 13.8. The van der Waals surface area contributed by atoms with Gasteiger partial charge in [0.05, 0.1) is 5.71 Å². The van der Waals surface area contributed by atoms with E-state index in [1.54, 1.807) is 0 Å². The lowest BCUT2D eigenvalue weighted by Crippen LogP contribution is -2.01. The van der Waals surface area contributed by atoms with Gasteiger partial charge in [-0.05, 0) is 29.9 Å². The second kappa shape index (κ2) is 7.10. The molecule has 0 aliphatic carbocycles. The van der Waals surface area contributed by atoms with Gasteiger partial charge in [-0.2, -0.15) is 0 Å². The van der Waals surface area contributed by atoms with E-state index in [1.165, 1.54) is 18.4 Å².